The van der Waals surface area contributed by atoms with E-state index in [0.717, 1.165) is 41.1 Å². The minimum Gasteiger partial charge on any atom is -0.459 e. The van der Waals surface area contributed by atoms with Gasteiger partial charge in [0.05, 0.1) is 11.7 Å². The Hall–Kier alpha value is -2.35. The second-order valence-electron chi connectivity index (χ2n) is 9.04. The lowest BCUT2D eigenvalue weighted by atomic mass is 9.72. The zero-order valence-corrected chi connectivity index (χ0v) is 21.1. The molecule has 2 aromatic rings. The second kappa shape index (κ2) is 10.1. The average molecular weight is 496 g/mol. The maximum atomic E-state index is 13.6. The van der Waals surface area contributed by atoms with Crippen LogP contribution < -0.4 is 5.32 Å². The van der Waals surface area contributed by atoms with E-state index in [9.17, 15) is 9.59 Å². The van der Waals surface area contributed by atoms with Crippen molar-refractivity contribution in [1.29, 1.82) is 0 Å². The topological polar surface area (TPSA) is 64.6 Å². The Labute approximate surface area is 208 Å². The molecule has 5 nitrogen and oxygen atoms in total. The van der Waals surface area contributed by atoms with E-state index >= 15 is 0 Å². The largest absolute Gasteiger partial charge is 0.459 e. The number of esters is 1. The third-order valence-electron chi connectivity index (χ3n) is 6.87. The van der Waals surface area contributed by atoms with Gasteiger partial charge in [-0.05, 0) is 61.6 Å². The van der Waals surface area contributed by atoms with Crippen molar-refractivity contribution in [2.45, 2.75) is 55.4 Å². The lowest BCUT2D eigenvalue weighted by Crippen LogP contribution is -2.36. The first-order valence-corrected chi connectivity index (χ1v) is 13.9. The fraction of sp³-hybridized carbons (Fsp3) is 0.407. The van der Waals surface area contributed by atoms with Gasteiger partial charge in [-0.2, -0.15) is 0 Å². The maximum absolute atomic E-state index is 13.6. The van der Waals surface area contributed by atoms with Crippen molar-refractivity contribution in [3.05, 3.63) is 74.8 Å². The van der Waals surface area contributed by atoms with E-state index in [0.29, 0.717) is 24.2 Å². The van der Waals surface area contributed by atoms with E-state index in [-0.39, 0.29) is 30.4 Å². The number of nitrogens with one attached hydrogen (secondary N) is 1. The van der Waals surface area contributed by atoms with Crippen LogP contribution in [0.3, 0.4) is 0 Å². The number of benzene rings is 1. The van der Waals surface area contributed by atoms with E-state index in [1.54, 1.807) is 23.1 Å². The van der Waals surface area contributed by atoms with Crippen LogP contribution in [0.5, 0.6) is 0 Å². The number of carbonyl (C=O) groups excluding carboxylic acids is 2. The van der Waals surface area contributed by atoms with Gasteiger partial charge in [-0.15, -0.1) is 23.1 Å². The molecule has 5 rings (SSSR count). The predicted octanol–water partition coefficient (Wildman–Crippen LogP) is 5.55. The lowest BCUT2D eigenvalue weighted by molar-refractivity contribution is -0.142. The van der Waals surface area contributed by atoms with Gasteiger partial charge in [0.2, 0.25) is 0 Å². The van der Waals surface area contributed by atoms with Crippen molar-refractivity contribution in [2.75, 3.05) is 19.5 Å². The monoisotopic (exact) mass is 495 g/mol. The van der Waals surface area contributed by atoms with E-state index in [4.69, 9.17) is 9.47 Å². The standard InChI is InChI=1S/C27H29NO4S2/c1-16-24(27(30)32-15-19-5-3-11-31-19)25(17-7-9-20(33-2)10-8-17)26-21(28-16)13-18(14-22(26)29)23-6-4-12-34-23/h4,6-10,12,18-19,25,28H,3,5,11,13-15H2,1-2H3/t18-,19+,25+/m1/s1. The number of hydrogen-bond acceptors (Lipinski definition) is 7. The number of thiophene rings is 1. The van der Waals surface area contributed by atoms with Crippen LogP contribution in [0.1, 0.15) is 54.9 Å². The minimum absolute atomic E-state index is 0.0432. The summed E-state index contributed by atoms with van der Waals surface area (Å²) in [5.74, 6) is -0.540. The molecule has 7 heteroatoms. The fourth-order valence-corrected chi connectivity index (χ4v) is 6.42. The third kappa shape index (κ3) is 4.61. The first-order chi connectivity index (χ1) is 16.5. The number of carbonyl (C=O) groups is 2. The normalized spacial score (nSPS) is 24.8. The number of rotatable bonds is 6. The average Bonchev–Trinajstić information content (AvgIpc) is 3.56. The molecular formula is C27H29NO4S2. The molecule has 1 N–H and O–H groups in total. The Morgan fingerprint density at radius 2 is 2.06 bits per heavy atom. The van der Waals surface area contributed by atoms with Gasteiger partial charge in [-0.1, -0.05) is 18.2 Å². The van der Waals surface area contributed by atoms with Crippen molar-refractivity contribution in [3.8, 4) is 0 Å². The minimum atomic E-state index is -0.430. The Kier molecular flexibility index (Phi) is 6.95. The highest BCUT2D eigenvalue weighted by molar-refractivity contribution is 7.98. The van der Waals surface area contributed by atoms with Crippen molar-refractivity contribution >= 4 is 34.9 Å². The molecule has 0 saturated carbocycles. The number of thioether (sulfide) groups is 1. The third-order valence-corrected chi connectivity index (χ3v) is 8.64. The van der Waals surface area contributed by atoms with Gasteiger partial charge in [0, 0.05) is 51.6 Å². The highest BCUT2D eigenvalue weighted by atomic mass is 32.2. The number of allylic oxidation sites excluding steroid dienone is 3. The Bertz CT molecular complexity index is 1130. The SMILES string of the molecule is CSc1ccc([C@H]2C(C(=O)OC[C@@H]3CCCO3)=C(C)NC3=C2C(=O)C[C@H](c2cccs2)C3)cc1. The van der Waals surface area contributed by atoms with E-state index in [2.05, 4.69) is 28.9 Å². The zero-order valence-electron chi connectivity index (χ0n) is 19.5. The molecule has 3 aliphatic rings. The Balaban J connectivity index is 1.50. The van der Waals surface area contributed by atoms with Crippen LogP contribution >= 0.6 is 23.1 Å². The second-order valence-corrected chi connectivity index (χ2v) is 10.9. The number of Topliss-reactive ketones (excluding diaryl/α,β-unsaturated/α-hetero) is 1. The zero-order chi connectivity index (χ0) is 23.7. The maximum Gasteiger partial charge on any atom is 0.336 e. The van der Waals surface area contributed by atoms with Gasteiger partial charge in [0.1, 0.15) is 6.61 Å². The van der Waals surface area contributed by atoms with Crippen LogP contribution in [0.15, 0.2) is 69.2 Å². The Morgan fingerprint density at radius 1 is 1.24 bits per heavy atom. The van der Waals surface area contributed by atoms with Crippen LogP contribution in [-0.4, -0.2) is 37.3 Å². The Morgan fingerprint density at radius 3 is 2.74 bits per heavy atom. The van der Waals surface area contributed by atoms with Crippen LogP contribution in [0.2, 0.25) is 0 Å². The molecule has 1 aromatic heterocycles. The molecule has 0 spiro atoms. The summed E-state index contributed by atoms with van der Waals surface area (Å²) in [4.78, 5) is 29.4. The van der Waals surface area contributed by atoms with Crippen LogP contribution in [-0.2, 0) is 19.1 Å². The summed E-state index contributed by atoms with van der Waals surface area (Å²) >= 11 is 3.36. The highest BCUT2D eigenvalue weighted by Crippen LogP contribution is 2.46. The van der Waals surface area contributed by atoms with Gasteiger partial charge >= 0.3 is 5.97 Å². The molecule has 0 amide bonds. The summed E-state index contributed by atoms with van der Waals surface area (Å²) in [5, 5.41) is 5.49. The molecule has 1 saturated heterocycles. The molecule has 178 valence electrons. The molecule has 1 fully saturated rings. The summed E-state index contributed by atoms with van der Waals surface area (Å²) in [7, 11) is 0. The molecule has 34 heavy (non-hydrogen) atoms. The smallest absolute Gasteiger partial charge is 0.336 e. The van der Waals surface area contributed by atoms with Crippen LogP contribution in [0.25, 0.3) is 0 Å². The summed E-state index contributed by atoms with van der Waals surface area (Å²) < 4.78 is 11.4. The quantitative estimate of drug-likeness (QED) is 0.419. The van der Waals surface area contributed by atoms with Crippen molar-refractivity contribution in [1.82, 2.24) is 5.32 Å². The van der Waals surface area contributed by atoms with Gasteiger partial charge in [0.15, 0.2) is 5.78 Å². The number of ketones is 1. The summed E-state index contributed by atoms with van der Waals surface area (Å²) in [6, 6.07) is 12.3. The first kappa shape index (κ1) is 23.4. The first-order valence-electron chi connectivity index (χ1n) is 11.7. The van der Waals surface area contributed by atoms with Gasteiger partial charge in [0.25, 0.3) is 0 Å². The number of hydrogen-bond donors (Lipinski definition) is 1. The molecule has 1 aliphatic carbocycles. The fourth-order valence-electron chi connectivity index (χ4n) is 5.19. The van der Waals surface area contributed by atoms with Gasteiger partial charge < -0.3 is 14.8 Å². The summed E-state index contributed by atoms with van der Waals surface area (Å²) in [6.07, 6.45) is 5.10. The van der Waals surface area contributed by atoms with Crippen molar-refractivity contribution in [2.24, 2.45) is 0 Å². The van der Waals surface area contributed by atoms with E-state index < -0.39 is 5.92 Å². The molecule has 2 aliphatic heterocycles. The van der Waals surface area contributed by atoms with Crippen molar-refractivity contribution < 1.29 is 19.1 Å². The molecule has 0 unspecified atom stereocenters. The summed E-state index contributed by atoms with van der Waals surface area (Å²) in [5.41, 5.74) is 3.87. The van der Waals surface area contributed by atoms with Crippen LogP contribution in [0.4, 0.5) is 0 Å². The van der Waals surface area contributed by atoms with Crippen LogP contribution in [0, 0.1) is 0 Å². The van der Waals surface area contributed by atoms with Gasteiger partial charge in [-0.3, -0.25) is 4.79 Å². The lowest BCUT2D eigenvalue weighted by Gasteiger charge is -2.36. The van der Waals surface area contributed by atoms with E-state index in [1.165, 1.54) is 4.88 Å². The van der Waals surface area contributed by atoms with Crippen molar-refractivity contribution in [3.63, 3.8) is 0 Å². The molecule has 1 aromatic carbocycles. The molecule has 0 radical (unpaired) electrons. The molecule has 3 atom stereocenters. The predicted molar refractivity (Wildman–Crippen MR) is 135 cm³/mol. The number of dihydropyridines is 1. The summed E-state index contributed by atoms with van der Waals surface area (Å²) in [6.45, 7) is 2.87. The van der Waals surface area contributed by atoms with E-state index in [1.807, 2.05) is 31.4 Å². The number of ether oxygens (including phenoxy) is 2. The molecular weight excluding hydrogens is 466 g/mol. The highest BCUT2D eigenvalue weighted by Gasteiger charge is 2.41. The molecule has 0 bridgehead atoms. The molecule has 3 heterocycles. The van der Waals surface area contributed by atoms with Gasteiger partial charge in [-0.25, -0.2) is 4.79 Å².